The van der Waals surface area contributed by atoms with E-state index in [0.717, 1.165) is 21.9 Å². The van der Waals surface area contributed by atoms with E-state index >= 15 is 0 Å². The Balaban J connectivity index is 1.80. The van der Waals surface area contributed by atoms with Gasteiger partial charge in [-0.15, -0.1) is 10.2 Å². The van der Waals surface area contributed by atoms with Crippen molar-refractivity contribution in [3.8, 4) is 5.75 Å². The van der Waals surface area contributed by atoms with E-state index in [2.05, 4.69) is 50.1 Å². The number of nitrogens with one attached hydrogen (secondary N) is 1. The molecule has 1 aliphatic heterocycles. The molecule has 0 saturated heterocycles. The molecule has 2 aromatic rings. The summed E-state index contributed by atoms with van der Waals surface area (Å²) in [5.74, 6) is 1.32. The second kappa shape index (κ2) is 8.95. The lowest BCUT2D eigenvalue weighted by Crippen LogP contribution is -2.48. The highest BCUT2D eigenvalue weighted by Crippen LogP contribution is 2.39. The van der Waals surface area contributed by atoms with E-state index in [1.807, 2.05) is 12.1 Å². The average molecular weight is 485 g/mol. The van der Waals surface area contributed by atoms with Gasteiger partial charge in [-0.3, -0.25) is 14.4 Å². The summed E-state index contributed by atoms with van der Waals surface area (Å²) < 4.78 is 32.8. The minimum absolute atomic E-state index is 0.112. The normalized spacial score (nSPS) is 16.7. The molecule has 0 bridgehead atoms. The minimum Gasteiger partial charge on any atom is -0.476 e. The molecule has 0 spiro atoms. The molecule has 1 aromatic carbocycles. The van der Waals surface area contributed by atoms with Gasteiger partial charge in [0.1, 0.15) is 5.75 Å². The largest absolute Gasteiger partial charge is 0.476 e. The van der Waals surface area contributed by atoms with Crippen LogP contribution in [-0.4, -0.2) is 49.2 Å². The number of nitrogens with zero attached hydrogens (tertiary/aromatic N) is 3. The molecular formula is C20H28N4O4S3. The van der Waals surface area contributed by atoms with Crippen molar-refractivity contribution in [2.75, 3.05) is 28.2 Å². The zero-order chi connectivity index (χ0) is 23.0. The molecule has 1 amide bonds. The van der Waals surface area contributed by atoms with Crippen LogP contribution in [0.4, 0.5) is 10.8 Å². The molecule has 0 unspecified atom stereocenters. The molecule has 0 aliphatic carbocycles. The van der Waals surface area contributed by atoms with Crippen molar-refractivity contribution in [3.05, 3.63) is 23.8 Å². The number of ether oxygens (including phenoxy) is 1. The Morgan fingerprint density at radius 3 is 2.68 bits per heavy atom. The van der Waals surface area contributed by atoms with Gasteiger partial charge in [-0.05, 0) is 29.0 Å². The maximum Gasteiger partial charge on any atom is 0.269 e. The zero-order valence-electron chi connectivity index (χ0n) is 18.5. The number of carbonyl (C=O) groups excluding carboxylic acids is 1. The lowest BCUT2D eigenvalue weighted by molar-refractivity contribution is -0.122. The van der Waals surface area contributed by atoms with E-state index in [1.165, 1.54) is 15.6 Å². The number of benzene rings is 1. The molecule has 0 fully saturated rings. The smallest absolute Gasteiger partial charge is 0.269 e. The van der Waals surface area contributed by atoms with Gasteiger partial charge in [0.05, 0.1) is 18.5 Å². The number of fused-ring (bicyclic) bond motifs is 1. The van der Waals surface area contributed by atoms with Crippen LogP contribution in [0.2, 0.25) is 0 Å². The Labute approximate surface area is 191 Å². The summed E-state index contributed by atoms with van der Waals surface area (Å²) in [6.45, 7) is 10.3. The second-order valence-electron chi connectivity index (χ2n) is 8.90. The summed E-state index contributed by atoms with van der Waals surface area (Å²) in [4.78, 5) is 12.8. The van der Waals surface area contributed by atoms with Gasteiger partial charge in [0.15, 0.2) is 10.4 Å². The first-order valence-electron chi connectivity index (χ1n) is 9.90. The van der Waals surface area contributed by atoms with E-state index in [9.17, 15) is 13.2 Å². The molecular weight excluding hydrogens is 456 g/mol. The molecule has 0 radical (unpaired) electrons. The zero-order valence-corrected chi connectivity index (χ0v) is 20.9. The van der Waals surface area contributed by atoms with Crippen molar-refractivity contribution in [1.82, 2.24) is 10.2 Å². The van der Waals surface area contributed by atoms with E-state index in [0.29, 0.717) is 22.5 Å². The van der Waals surface area contributed by atoms with E-state index in [4.69, 9.17) is 4.74 Å². The van der Waals surface area contributed by atoms with Crippen LogP contribution in [0.3, 0.4) is 0 Å². The summed E-state index contributed by atoms with van der Waals surface area (Å²) in [6, 6.07) is 5.43. The molecule has 0 saturated carbocycles. The lowest BCUT2D eigenvalue weighted by Gasteiger charge is -2.35. The highest BCUT2D eigenvalue weighted by atomic mass is 32.2. The summed E-state index contributed by atoms with van der Waals surface area (Å²) in [6.07, 6.45) is 0.127. The first-order chi connectivity index (χ1) is 14.3. The number of thioether (sulfide) groups is 1. The minimum atomic E-state index is -3.61. The SMILES string of the molecule is CC(C)CSc1nnc(NC(=O)[C@@H]2CN(S(C)(=O)=O)c3cc(C(C)(C)C)ccc3O2)s1. The van der Waals surface area contributed by atoms with Crippen molar-refractivity contribution in [3.63, 3.8) is 0 Å². The standard InChI is InChI=1S/C20H28N4O4S3/c1-12(2)11-29-19-23-22-18(30-19)21-17(25)16-10-24(31(6,26)27)14-9-13(20(3,4)5)7-8-15(14)28-16/h7-9,12,16H,10-11H2,1-6H3,(H,21,22,25)/t16-/m0/s1. The monoisotopic (exact) mass is 484 g/mol. The van der Waals surface area contributed by atoms with Gasteiger partial charge in [-0.1, -0.05) is 63.8 Å². The van der Waals surface area contributed by atoms with Gasteiger partial charge >= 0.3 is 0 Å². The van der Waals surface area contributed by atoms with Crippen molar-refractivity contribution >= 4 is 49.8 Å². The van der Waals surface area contributed by atoms with Gasteiger partial charge in [-0.2, -0.15) is 0 Å². The predicted octanol–water partition coefficient (Wildman–Crippen LogP) is 3.75. The molecule has 1 N–H and O–H groups in total. The maximum absolute atomic E-state index is 12.8. The molecule has 1 aromatic heterocycles. The van der Waals surface area contributed by atoms with Crippen LogP contribution in [0.15, 0.2) is 22.5 Å². The fraction of sp³-hybridized carbons (Fsp3) is 0.550. The third-order valence-electron chi connectivity index (χ3n) is 4.56. The molecule has 170 valence electrons. The molecule has 3 rings (SSSR count). The van der Waals surface area contributed by atoms with Crippen LogP contribution in [0.1, 0.15) is 40.2 Å². The highest BCUT2D eigenvalue weighted by Gasteiger charge is 2.36. The molecule has 1 aliphatic rings. The first kappa shape index (κ1) is 23.8. The maximum atomic E-state index is 12.8. The van der Waals surface area contributed by atoms with Crippen LogP contribution < -0.4 is 14.4 Å². The van der Waals surface area contributed by atoms with Gasteiger partial charge in [0.2, 0.25) is 15.2 Å². The van der Waals surface area contributed by atoms with E-state index in [1.54, 1.807) is 17.8 Å². The number of hydrogen-bond acceptors (Lipinski definition) is 8. The quantitative estimate of drug-likeness (QED) is 0.492. The number of anilines is 2. The molecule has 31 heavy (non-hydrogen) atoms. The number of sulfonamides is 1. The summed E-state index contributed by atoms with van der Waals surface area (Å²) >= 11 is 2.87. The van der Waals surface area contributed by atoms with Crippen molar-refractivity contribution in [2.45, 2.75) is 50.5 Å². The summed E-state index contributed by atoms with van der Waals surface area (Å²) in [5, 5.41) is 11.2. The molecule has 11 heteroatoms. The van der Waals surface area contributed by atoms with Gasteiger partial charge < -0.3 is 4.74 Å². The van der Waals surface area contributed by atoms with Crippen LogP contribution in [0.25, 0.3) is 0 Å². The number of amides is 1. The third-order valence-corrected chi connectivity index (χ3v) is 8.11. The van der Waals surface area contributed by atoms with Crippen molar-refractivity contribution in [1.29, 1.82) is 0 Å². The van der Waals surface area contributed by atoms with Crippen LogP contribution in [0, 0.1) is 5.92 Å². The molecule has 1 atom stereocenters. The summed E-state index contributed by atoms with van der Waals surface area (Å²) in [7, 11) is -3.61. The highest BCUT2D eigenvalue weighted by molar-refractivity contribution is 8.01. The Hall–Kier alpha value is -1.85. The van der Waals surface area contributed by atoms with Crippen LogP contribution in [0.5, 0.6) is 5.75 Å². The first-order valence-corrected chi connectivity index (χ1v) is 13.6. The number of aromatic nitrogens is 2. The Morgan fingerprint density at radius 2 is 2.06 bits per heavy atom. The van der Waals surface area contributed by atoms with Gasteiger partial charge in [0.25, 0.3) is 5.91 Å². The predicted molar refractivity (Wildman–Crippen MR) is 126 cm³/mol. The lowest BCUT2D eigenvalue weighted by atomic mass is 9.86. The topological polar surface area (TPSA) is 101 Å². The average Bonchev–Trinajstić information content (AvgIpc) is 3.10. The Morgan fingerprint density at radius 1 is 1.35 bits per heavy atom. The van der Waals surface area contributed by atoms with Crippen molar-refractivity contribution in [2.24, 2.45) is 5.92 Å². The fourth-order valence-electron chi connectivity index (χ4n) is 2.91. The van der Waals surface area contributed by atoms with Crippen molar-refractivity contribution < 1.29 is 17.9 Å². The van der Waals surface area contributed by atoms with E-state index < -0.39 is 22.0 Å². The Kier molecular flexibility index (Phi) is 6.87. The Bertz CT molecular complexity index is 1060. The summed E-state index contributed by atoms with van der Waals surface area (Å²) in [5.41, 5.74) is 1.27. The van der Waals surface area contributed by atoms with Crippen LogP contribution in [-0.2, 0) is 20.2 Å². The van der Waals surface area contributed by atoms with Crippen LogP contribution >= 0.6 is 23.1 Å². The number of rotatable bonds is 6. The number of carbonyl (C=O) groups is 1. The second-order valence-corrected chi connectivity index (χ2v) is 13.1. The third kappa shape index (κ3) is 5.89. The molecule has 2 heterocycles. The van der Waals surface area contributed by atoms with E-state index in [-0.39, 0.29) is 12.0 Å². The van der Waals surface area contributed by atoms with Gasteiger partial charge in [0, 0.05) is 5.75 Å². The molecule has 8 nitrogen and oxygen atoms in total. The number of hydrogen-bond donors (Lipinski definition) is 1. The van der Waals surface area contributed by atoms with Gasteiger partial charge in [-0.25, -0.2) is 8.42 Å². The fourth-order valence-corrected chi connectivity index (χ4v) is 5.55.